The molecule has 0 aliphatic carbocycles. The van der Waals surface area contributed by atoms with Gasteiger partial charge >= 0.3 is 6.36 Å². The largest absolute Gasteiger partial charge is 0.573 e. The SMILES string of the molecule is CN1CCC(Oc2cccc(OC(F)(F)F)c2)c2ccoc2C1. The topological polar surface area (TPSA) is 34.8 Å². The summed E-state index contributed by atoms with van der Waals surface area (Å²) < 4.78 is 52.2. The quantitative estimate of drug-likeness (QED) is 0.849. The Balaban J connectivity index is 1.78. The van der Waals surface area contributed by atoms with Crippen molar-refractivity contribution in [3.63, 3.8) is 0 Å². The Morgan fingerprint density at radius 1 is 1.22 bits per heavy atom. The van der Waals surface area contributed by atoms with Crippen LogP contribution in [0.15, 0.2) is 41.0 Å². The first-order valence-corrected chi connectivity index (χ1v) is 7.18. The molecule has 23 heavy (non-hydrogen) atoms. The van der Waals surface area contributed by atoms with Gasteiger partial charge in [-0.05, 0) is 25.2 Å². The van der Waals surface area contributed by atoms with E-state index in [1.54, 1.807) is 12.3 Å². The van der Waals surface area contributed by atoms with Gasteiger partial charge in [-0.25, -0.2) is 0 Å². The zero-order valence-corrected chi connectivity index (χ0v) is 12.5. The molecule has 1 aliphatic heterocycles. The second kappa shape index (κ2) is 6.16. The van der Waals surface area contributed by atoms with Gasteiger partial charge < -0.3 is 13.9 Å². The van der Waals surface area contributed by atoms with Gasteiger partial charge in [0.15, 0.2) is 0 Å². The smallest absolute Gasteiger partial charge is 0.485 e. The Kier molecular flexibility index (Phi) is 4.21. The van der Waals surface area contributed by atoms with Gasteiger partial charge in [-0.1, -0.05) is 6.07 Å². The highest BCUT2D eigenvalue weighted by Gasteiger charge is 2.31. The van der Waals surface area contributed by atoms with E-state index in [1.165, 1.54) is 18.2 Å². The maximum Gasteiger partial charge on any atom is 0.573 e. The molecular formula is C16H16F3NO3. The van der Waals surface area contributed by atoms with Crippen LogP contribution in [0.2, 0.25) is 0 Å². The molecular weight excluding hydrogens is 311 g/mol. The number of ether oxygens (including phenoxy) is 2. The lowest BCUT2D eigenvalue weighted by atomic mass is 10.1. The lowest BCUT2D eigenvalue weighted by Gasteiger charge is -2.18. The molecule has 7 heteroatoms. The fourth-order valence-electron chi connectivity index (χ4n) is 2.61. The van der Waals surface area contributed by atoms with E-state index in [0.717, 1.165) is 17.9 Å². The molecule has 4 nitrogen and oxygen atoms in total. The van der Waals surface area contributed by atoms with Crippen LogP contribution in [0.3, 0.4) is 0 Å². The van der Waals surface area contributed by atoms with Crippen molar-refractivity contribution in [2.75, 3.05) is 13.6 Å². The van der Waals surface area contributed by atoms with E-state index in [1.807, 2.05) is 13.1 Å². The van der Waals surface area contributed by atoms with Crippen LogP contribution in [0, 0.1) is 0 Å². The number of halogens is 3. The minimum atomic E-state index is -4.72. The number of hydrogen-bond donors (Lipinski definition) is 0. The van der Waals surface area contributed by atoms with E-state index in [2.05, 4.69) is 9.64 Å². The van der Waals surface area contributed by atoms with Gasteiger partial charge in [0, 0.05) is 24.6 Å². The van der Waals surface area contributed by atoms with E-state index in [4.69, 9.17) is 9.15 Å². The van der Waals surface area contributed by atoms with Gasteiger partial charge in [0.05, 0.1) is 12.8 Å². The second-order valence-electron chi connectivity index (χ2n) is 5.45. The van der Waals surface area contributed by atoms with Crippen molar-refractivity contribution in [3.05, 3.63) is 47.9 Å². The highest BCUT2D eigenvalue weighted by Crippen LogP contribution is 2.33. The number of furan rings is 1. The summed E-state index contributed by atoms with van der Waals surface area (Å²) in [6.07, 6.45) is -2.67. The van der Waals surface area contributed by atoms with Crippen LogP contribution in [0.4, 0.5) is 13.2 Å². The molecule has 0 radical (unpaired) electrons. The molecule has 1 aromatic carbocycles. The van der Waals surface area contributed by atoms with Crippen molar-refractivity contribution in [2.45, 2.75) is 25.4 Å². The molecule has 0 fully saturated rings. The number of fused-ring (bicyclic) bond motifs is 1. The third-order valence-electron chi connectivity index (χ3n) is 3.63. The molecule has 1 unspecified atom stereocenters. The van der Waals surface area contributed by atoms with Crippen molar-refractivity contribution in [1.82, 2.24) is 4.90 Å². The predicted octanol–water partition coefficient (Wildman–Crippen LogP) is 4.13. The predicted molar refractivity (Wildman–Crippen MR) is 76.2 cm³/mol. The molecule has 2 aromatic rings. The van der Waals surface area contributed by atoms with Gasteiger partial charge in [0.2, 0.25) is 0 Å². The molecule has 0 saturated carbocycles. The molecule has 0 spiro atoms. The van der Waals surface area contributed by atoms with Crippen LogP contribution in [0.1, 0.15) is 23.8 Å². The first-order valence-electron chi connectivity index (χ1n) is 7.18. The maximum atomic E-state index is 12.3. The van der Waals surface area contributed by atoms with Gasteiger partial charge in [-0.3, -0.25) is 4.90 Å². The van der Waals surface area contributed by atoms with E-state index in [0.29, 0.717) is 18.7 Å². The minimum absolute atomic E-state index is 0.269. The van der Waals surface area contributed by atoms with E-state index < -0.39 is 6.36 Å². The highest BCUT2D eigenvalue weighted by molar-refractivity contribution is 5.34. The third kappa shape index (κ3) is 3.98. The van der Waals surface area contributed by atoms with Crippen molar-refractivity contribution in [1.29, 1.82) is 0 Å². The lowest BCUT2D eigenvalue weighted by molar-refractivity contribution is -0.274. The Hall–Kier alpha value is -2.15. The summed E-state index contributed by atoms with van der Waals surface area (Å²) in [5, 5.41) is 0. The molecule has 3 rings (SSSR count). The van der Waals surface area contributed by atoms with Crippen LogP contribution in [-0.4, -0.2) is 24.9 Å². The van der Waals surface area contributed by atoms with Crippen molar-refractivity contribution in [2.24, 2.45) is 0 Å². The molecule has 0 amide bonds. The van der Waals surface area contributed by atoms with Crippen LogP contribution < -0.4 is 9.47 Å². The maximum absolute atomic E-state index is 12.3. The third-order valence-corrected chi connectivity index (χ3v) is 3.63. The number of rotatable bonds is 3. The Bertz CT molecular complexity index is 669. The van der Waals surface area contributed by atoms with Crippen LogP contribution in [0.5, 0.6) is 11.5 Å². The van der Waals surface area contributed by atoms with Crippen molar-refractivity contribution >= 4 is 0 Å². The van der Waals surface area contributed by atoms with Gasteiger partial charge in [0.25, 0.3) is 0 Å². The monoisotopic (exact) mass is 327 g/mol. The van der Waals surface area contributed by atoms with Gasteiger partial charge in [-0.15, -0.1) is 13.2 Å². The summed E-state index contributed by atoms with van der Waals surface area (Å²) in [4.78, 5) is 2.11. The Labute approximate surface area is 131 Å². The molecule has 1 aromatic heterocycles. The molecule has 124 valence electrons. The molecule has 0 N–H and O–H groups in total. The molecule has 0 bridgehead atoms. The summed E-state index contributed by atoms with van der Waals surface area (Å²) in [6.45, 7) is 1.48. The minimum Gasteiger partial charge on any atom is -0.485 e. The van der Waals surface area contributed by atoms with Gasteiger partial charge in [0.1, 0.15) is 23.4 Å². The standard InChI is InChI=1S/C16H16F3NO3/c1-20-7-5-14(13-6-8-21-15(13)10-20)22-11-3-2-4-12(9-11)23-16(17,18)19/h2-4,6,8-9,14H,5,7,10H2,1H3. The number of benzene rings is 1. The normalized spacial score (nSPS) is 19.0. The number of alkyl halides is 3. The molecule has 2 heterocycles. The average molecular weight is 327 g/mol. The second-order valence-corrected chi connectivity index (χ2v) is 5.45. The average Bonchev–Trinajstić information content (AvgIpc) is 2.84. The summed E-state index contributed by atoms with van der Waals surface area (Å²) in [6, 6.07) is 7.40. The number of nitrogens with zero attached hydrogens (tertiary/aromatic N) is 1. The van der Waals surface area contributed by atoms with E-state index >= 15 is 0 Å². The lowest BCUT2D eigenvalue weighted by Crippen LogP contribution is -2.18. The summed E-state index contributed by atoms with van der Waals surface area (Å²) in [7, 11) is 1.98. The van der Waals surface area contributed by atoms with Gasteiger partial charge in [-0.2, -0.15) is 0 Å². The molecule has 0 saturated heterocycles. The van der Waals surface area contributed by atoms with E-state index in [9.17, 15) is 13.2 Å². The highest BCUT2D eigenvalue weighted by atomic mass is 19.4. The summed E-state index contributed by atoms with van der Waals surface area (Å²) >= 11 is 0. The fourth-order valence-corrected chi connectivity index (χ4v) is 2.61. The fraction of sp³-hybridized carbons (Fsp3) is 0.375. The summed E-state index contributed by atoms with van der Waals surface area (Å²) in [5.41, 5.74) is 0.927. The number of hydrogen-bond acceptors (Lipinski definition) is 4. The first-order chi connectivity index (χ1) is 10.9. The molecule has 1 aliphatic rings. The van der Waals surface area contributed by atoms with E-state index in [-0.39, 0.29) is 11.9 Å². The summed E-state index contributed by atoms with van der Waals surface area (Å²) in [5.74, 6) is 0.847. The zero-order chi connectivity index (χ0) is 16.4. The zero-order valence-electron chi connectivity index (χ0n) is 12.5. The molecule has 1 atom stereocenters. The van der Waals surface area contributed by atoms with Crippen LogP contribution >= 0.6 is 0 Å². The van der Waals surface area contributed by atoms with Crippen LogP contribution in [-0.2, 0) is 6.54 Å². The first kappa shape index (κ1) is 15.7. The Morgan fingerprint density at radius 3 is 2.78 bits per heavy atom. The van der Waals surface area contributed by atoms with Crippen molar-refractivity contribution < 1.29 is 27.1 Å². The van der Waals surface area contributed by atoms with Crippen molar-refractivity contribution in [3.8, 4) is 11.5 Å². The Morgan fingerprint density at radius 2 is 2.00 bits per heavy atom. The van der Waals surface area contributed by atoms with Crippen LogP contribution in [0.25, 0.3) is 0 Å².